The molecule has 164 valence electrons. The quantitative estimate of drug-likeness (QED) is 0.452. The van der Waals surface area contributed by atoms with Crippen LogP contribution in [0.4, 0.5) is 5.69 Å². The van der Waals surface area contributed by atoms with Gasteiger partial charge >= 0.3 is 0 Å². The largest absolute Gasteiger partial charge is 0.382 e. The van der Waals surface area contributed by atoms with E-state index in [0.29, 0.717) is 18.3 Å². The molecule has 29 heavy (non-hydrogen) atoms. The summed E-state index contributed by atoms with van der Waals surface area (Å²) in [7, 11) is 0. The summed E-state index contributed by atoms with van der Waals surface area (Å²) in [5.41, 5.74) is 10.1. The van der Waals surface area contributed by atoms with Gasteiger partial charge in [0.1, 0.15) is 6.10 Å². The second-order valence-corrected chi connectivity index (χ2v) is 8.69. The van der Waals surface area contributed by atoms with E-state index in [1.54, 1.807) is 0 Å². The lowest BCUT2D eigenvalue weighted by Gasteiger charge is -2.32. The molecule has 1 fully saturated rings. The number of amides is 1. The molecule has 0 radical (unpaired) electrons. The van der Waals surface area contributed by atoms with E-state index in [0.717, 1.165) is 37.9 Å². The van der Waals surface area contributed by atoms with Crippen molar-refractivity contribution < 1.29 is 9.90 Å². The second kappa shape index (κ2) is 12.9. The van der Waals surface area contributed by atoms with Crippen LogP contribution in [0.15, 0.2) is 30.3 Å². The Labute approximate surface area is 177 Å². The number of para-hydroxylation sites is 1. The van der Waals surface area contributed by atoms with Gasteiger partial charge in [0.25, 0.3) is 5.91 Å². The molecule has 3 unspecified atom stereocenters. The number of anilines is 1. The summed E-state index contributed by atoms with van der Waals surface area (Å²) in [6.45, 7) is 5.13. The lowest BCUT2D eigenvalue weighted by molar-refractivity contribution is -0.130. The molecule has 5 nitrogen and oxygen atoms in total. The number of nitrogens with one attached hydrogen (secondary N) is 1. The molecular formula is C24H41N3O2. The van der Waals surface area contributed by atoms with Crippen LogP contribution in [0.2, 0.25) is 0 Å². The Balaban J connectivity index is 1.99. The third-order valence-electron chi connectivity index (χ3n) is 6.30. The molecule has 0 bridgehead atoms. The van der Waals surface area contributed by atoms with E-state index in [2.05, 4.69) is 19.3 Å². The zero-order valence-electron chi connectivity index (χ0n) is 18.4. The summed E-state index contributed by atoms with van der Waals surface area (Å²) in [5.74, 6) is 0.621. The number of rotatable bonds is 12. The molecule has 4 N–H and O–H groups in total. The predicted molar refractivity (Wildman–Crippen MR) is 120 cm³/mol. The highest BCUT2D eigenvalue weighted by molar-refractivity contribution is 5.82. The third kappa shape index (κ3) is 7.98. The van der Waals surface area contributed by atoms with Crippen molar-refractivity contribution in [3.63, 3.8) is 0 Å². The summed E-state index contributed by atoms with van der Waals surface area (Å²) in [6, 6.07) is 9.35. The summed E-state index contributed by atoms with van der Waals surface area (Å²) in [6.07, 6.45) is 10.2. The first kappa shape index (κ1) is 23.7. The lowest BCUT2D eigenvalue weighted by atomic mass is 9.84. The number of unbranched alkanes of at least 4 members (excludes halogenated alkanes) is 1. The van der Waals surface area contributed by atoms with Crippen molar-refractivity contribution in [1.29, 1.82) is 0 Å². The Hall–Kier alpha value is -1.59. The van der Waals surface area contributed by atoms with Gasteiger partial charge in [-0.3, -0.25) is 15.2 Å². The normalized spacial score (nSPS) is 18.1. The number of nitrogens with two attached hydrogens (primary N) is 1. The molecule has 1 aromatic rings. The second-order valence-electron chi connectivity index (χ2n) is 8.69. The van der Waals surface area contributed by atoms with Gasteiger partial charge < -0.3 is 10.8 Å². The topological polar surface area (TPSA) is 78.6 Å². The number of hydrogen-bond acceptors (Lipinski definition) is 4. The maximum absolute atomic E-state index is 12.8. The van der Waals surface area contributed by atoms with Crippen LogP contribution in [0.1, 0.15) is 78.1 Å². The highest BCUT2D eigenvalue weighted by atomic mass is 16.3. The molecule has 5 heteroatoms. The first-order chi connectivity index (χ1) is 14.0. The molecule has 2 rings (SSSR count). The van der Waals surface area contributed by atoms with Crippen LogP contribution in [0, 0.1) is 11.8 Å². The van der Waals surface area contributed by atoms with Crippen molar-refractivity contribution in [3.8, 4) is 0 Å². The van der Waals surface area contributed by atoms with Crippen LogP contribution < -0.4 is 16.2 Å². The zero-order valence-corrected chi connectivity index (χ0v) is 18.4. The Morgan fingerprint density at radius 1 is 1.21 bits per heavy atom. The molecule has 1 aliphatic carbocycles. The van der Waals surface area contributed by atoms with Gasteiger partial charge in [0.2, 0.25) is 0 Å². The van der Waals surface area contributed by atoms with Gasteiger partial charge in [0.05, 0.1) is 5.69 Å². The van der Waals surface area contributed by atoms with Crippen molar-refractivity contribution in [1.82, 2.24) is 5.43 Å². The summed E-state index contributed by atoms with van der Waals surface area (Å²) < 4.78 is 0. The fourth-order valence-electron chi connectivity index (χ4n) is 4.33. The molecule has 1 amide bonds. The number of hydrogen-bond donors (Lipinski definition) is 3. The van der Waals surface area contributed by atoms with Crippen LogP contribution in [0.25, 0.3) is 0 Å². The van der Waals surface area contributed by atoms with Crippen molar-refractivity contribution in [2.75, 3.05) is 11.6 Å². The van der Waals surface area contributed by atoms with Crippen molar-refractivity contribution in [2.24, 2.45) is 17.6 Å². The molecular weight excluding hydrogens is 362 g/mol. The van der Waals surface area contributed by atoms with Crippen LogP contribution in [-0.2, 0) is 4.79 Å². The lowest BCUT2D eigenvalue weighted by Crippen LogP contribution is -2.53. The van der Waals surface area contributed by atoms with Gasteiger partial charge in [-0.25, -0.2) is 0 Å². The van der Waals surface area contributed by atoms with Crippen LogP contribution in [0.3, 0.4) is 0 Å². The fraction of sp³-hybridized carbons (Fsp3) is 0.708. The molecule has 1 aliphatic rings. The van der Waals surface area contributed by atoms with Gasteiger partial charge in [0.15, 0.2) is 0 Å². The van der Waals surface area contributed by atoms with E-state index >= 15 is 0 Å². The Morgan fingerprint density at radius 2 is 1.90 bits per heavy atom. The molecule has 0 aromatic heterocycles. The monoisotopic (exact) mass is 403 g/mol. The van der Waals surface area contributed by atoms with Crippen molar-refractivity contribution in [3.05, 3.63) is 30.3 Å². The van der Waals surface area contributed by atoms with E-state index in [1.165, 1.54) is 32.1 Å². The Bertz CT molecular complexity index is 575. The number of benzene rings is 1. The van der Waals surface area contributed by atoms with Crippen LogP contribution in [0.5, 0.6) is 0 Å². The number of carbonyl (C=O) groups is 1. The van der Waals surface area contributed by atoms with E-state index in [9.17, 15) is 9.90 Å². The third-order valence-corrected chi connectivity index (χ3v) is 6.30. The van der Waals surface area contributed by atoms with Gasteiger partial charge in [-0.05, 0) is 36.8 Å². The number of nitrogens with zero attached hydrogens (tertiary/aromatic N) is 1. The molecule has 0 aliphatic heterocycles. The van der Waals surface area contributed by atoms with Gasteiger partial charge in [-0.1, -0.05) is 83.4 Å². The average molecular weight is 404 g/mol. The van der Waals surface area contributed by atoms with Crippen molar-refractivity contribution in [2.45, 2.75) is 90.2 Å². The van der Waals surface area contributed by atoms with Crippen molar-refractivity contribution >= 4 is 11.6 Å². The summed E-state index contributed by atoms with van der Waals surface area (Å²) in [4.78, 5) is 12.8. The molecule has 1 saturated carbocycles. The standard InChI is InChI=1S/C24H41N3O2/c1-3-5-12-19(4-2)18-27(21-15-10-7-11-16-21)26-24(29)23(28)22(25)17-20-13-8-6-9-14-20/h7,10-11,15-16,19-20,22-23,28H,3-6,8-9,12-14,17-18,25H2,1-2H3,(H,26,29). The highest BCUT2D eigenvalue weighted by Crippen LogP contribution is 2.27. The van der Waals surface area contributed by atoms with E-state index in [-0.39, 0.29) is 0 Å². The maximum atomic E-state index is 12.8. The average Bonchev–Trinajstić information content (AvgIpc) is 2.76. The maximum Gasteiger partial charge on any atom is 0.268 e. The number of hydrazine groups is 1. The zero-order chi connectivity index (χ0) is 21.1. The molecule has 0 spiro atoms. The number of aliphatic hydroxyl groups excluding tert-OH is 1. The van der Waals surface area contributed by atoms with Crippen LogP contribution in [-0.4, -0.2) is 29.7 Å². The first-order valence-corrected chi connectivity index (χ1v) is 11.6. The summed E-state index contributed by atoms with van der Waals surface area (Å²) in [5, 5.41) is 12.5. The SMILES string of the molecule is CCCCC(CC)CN(NC(=O)C(O)C(N)CC1CCCCC1)c1ccccc1. The molecule has 1 aromatic carbocycles. The summed E-state index contributed by atoms with van der Waals surface area (Å²) >= 11 is 0. The minimum absolute atomic E-state index is 0.400. The van der Waals surface area contributed by atoms with E-state index in [1.807, 2.05) is 35.3 Å². The van der Waals surface area contributed by atoms with Crippen LogP contribution >= 0.6 is 0 Å². The first-order valence-electron chi connectivity index (χ1n) is 11.6. The van der Waals surface area contributed by atoms with E-state index < -0.39 is 18.1 Å². The minimum Gasteiger partial charge on any atom is -0.382 e. The smallest absolute Gasteiger partial charge is 0.268 e. The van der Waals surface area contributed by atoms with Gasteiger partial charge in [-0.2, -0.15) is 0 Å². The predicted octanol–water partition coefficient (Wildman–Crippen LogP) is 4.40. The van der Waals surface area contributed by atoms with E-state index in [4.69, 9.17) is 5.73 Å². The molecule has 0 saturated heterocycles. The molecule has 0 heterocycles. The minimum atomic E-state index is -1.18. The molecule has 3 atom stereocenters. The fourth-order valence-corrected chi connectivity index (χ4v) is 4.33. The van der Waals surface area contributed by atoms with Gasteiger partial charge in [-0.15, -0.1) is 0 Å². The number of aliphatic hydroxyl groups is 1. The Kier molecular flexibility index (Phi) is 10.5. The number of carbonyl (C=O) groups excluding carboxylic acids is 1. The van der Waals surface area contributed by atoms with Gasteiger partial charge in [0, 0.05) is 12.6 Å². The Morgan fingerprint density at radius 3 is 2.52 bits per heavy atom. The highest BCUT2D eigenvalue weighted by Gasteiger charge is 2.28.